The monoisotopic (exact) mass is 232 g/mol. The van der Waals surface area contributed by atoms with Gasteiger partial charge in [0.05, 0.1) is 0 Å². The summed E-state index contributed by atoms with van der Waals surface area (Å²) in [6.07, 6.45) is 2.31. The molecule has 0 radical (unpaired) electrons. The average Bonchev–Trinajstić information content (AvgIpc) is 2.30. The lowest BCUT2D eigenvalue weighted by Gasteiger charge is -2.33. The molecule has 16 heavy (non-hydrogen) atoms. The molecule has 0 amide bonds. The molecule has 0 aromatic heterocycles. The quantitative estimate of drug-likeness (QED) is 0.681. The maximum Gasteiger partial charge on any atom is 0.157 e. The van der Waals surface area contributed by atoms with E-state index in [0.29, 0.717) is 13.2 Å². The SMILES string of the molecule is CCOC(O)C1CCC(C(O)OCC)CC1. The van der Waals surface area contributed by atoms with Crippen LogP contribution in [0.4, 0.5) is 0 Å². The number of hydrogen-bond donors (Lipinski definition) is 2. The summed E-state index contributed by atoms with van der Waals surface area (Å²) in [7, 11) is 0. The predicted molar refractivity (Wildman–Crippen MR) is 60.7 cm³/mol. The minimum absolute atomic E-state index is 0.213. The average molecular weight is 232 g/mol. The Bertz CT molecular complexity index is 158. The molecule has 1 fully saturated rings. The lowest BCUT2D eigenvalue weighted by atomic mass is 9.81. The molecule has 2 unspecified atom stereocenters. The molecule has 1 aliphatic rings. The molecule has 0 aromatic rings. The van der Waals surface area contributed by atoms with Crippen molar-refractivity contribution in [3.05, 3.63) is 0 Å². The first-order chi connectivity index (χ1) is 7.69. The first kappa shape index (κ1) is 13.9. The lowest BCUT2D eigenvalue weighted by Crippen LogP contribution is -2.33. The third kappa shape index (κ3) is 4.01. The second-order valence-corrected chi connectivity index (χ2v) is 4.37. The van der Waals surface area contributed by atoms with E-state index in [-0.39, 0.29) is 11.8 Å². The molecule has 0 bridgehead atoms. The minimum atomic E-state index is -0.643. The van der Waals surface area contributed by atoms with E-state index >= 15 is 0 Å². The molecule has 4 heteroatoms. The van der Waals surface area contributed by atoms with Crippen LogP contribution < -0.4 is 0 Å². The summed E-state index contributed by atoms with van der Waals surface area (Å²) in [5.74, 6) is 0.426. The number of aliphatic hydroxyl groups is 2. The van der Waals surface area contributed by atoms with Gasteiger partial charge in [0.25, 0.3) is 0 Å². The molecule has 0 heterocycles. The zero-order valence-electron chi connectivity index (χ0n) is 10.3. The summed E-state index contributed by atoms with van der Waals surface area (Å²) in [6.45, 7) is 4.85. The molecular weight excluding hydrogens is 208 g/mol. The van der Waals surface area contributed by atoms with Crippen molar-refractivity contribution >= 4 is 0 Å². The van der Waals surface area contributed by atoms with Gasteiger partial charge in [-0.2, -0.15) is 0 Å². The van der Waals surface area contributed by atoms with Gasteiger partial charge in [-0.15, -0.1) is 0 Å². The highest BCUT2D eigenvalue weighted by atomic mass is 16.6. The first-order valence-electron chi connectivity index (χ1n) is 6.28. The highest BCUT2D eigenvalue weighted by Gasteiger charge is 2.30. The van der Waals surface area contributed by atoms with Crippen LogP contribution in [-0.2, 0) is 9.47 Å². The summed E-state index contributed by atoms with van der Waals surface area (Å²) in [6, 6.07) is 0. The van der Waals surface area contributed by atoms with Crippen molar-refractivity contribution < 1.29 is 19.7 Å². The van der Waals surface area contributed by atoms with Gasteiger partial charge in [0, 0.05) is 25.0 Å². The second kappa shape index (κ2) is 7.22. The zero-order chi connectivity index (χ0) is 12.0. The van der Waals surface area contributed by atoms with Gasteiger partial charge in [0.15, 0.2) is 12.6 Å². The van der Waals surface area contributed by atoms with Crippen LogP contribution in [0.2, 0.25) is 0 Å². The van der Waals surface area contributed by atoms with E-state index in [0.717, 1.165) is 25.7 Å². The molecule has 0 aromatic carbocycles. The lowest BCUT2D eigenvalue weighted by molar-refractivity contribution is -0.163. The van der Waals surface area contributed by atoms with Gasteiger partial charge in [0.1, 0.15) is 0 Å². The summed E-state index contributed by atoms with van der Waals surface area (Å²) in [5.41, 5.74) is 0. The van der Waals surface area contributed by atoms with Crippen LogP contribution in [0.3, 0.4) is 0 Å². The Morgan fingerprint density at radius 1 is 0.875 bits per heavy atom. The minimum Gasteiger partial charge on any atom is -0.368 e. The van der Waals surface area contributed by atoms with Crippen molar-refractivity contribution in [3.8, 4) is 0 Å². The van der Waals surface area contributed by atoms with Crippen molar-refractivity contribution in [2.45, 2.75) is 52.1 Å². The predicted octanol–water partition coefficient (Wildman–Crippen LogP) is 1.50. The van der Waals surface area contributed by atoms with E-state index < -0.39 is 12.6 Å². The normalized spacial score (nSPS) is 30.0. The molecule has 1 saturated carbocycles. The summed E-state index contributed by atoms with van der Waals surface area (Å²) in [4.78, 5) is 0. The molecule has 4 nitrogen and oxygen atoms in total. The standard InChI is InChI=1S/C12H24O4/c1-3-15-11(13)9-5-7-10(8-6-9)12(14)16-4-2/h9-14H,3-8H2,1-2H3. The molecule has 2 atom stereocenters. The fourth-order valence-electron chi connectivity index (χ4n) is 2.33. The van der Waals surface area contributed by atoms with Crippen LogP contribution in [0.5, 0.6) is 0 Å². The van der Waals surface area contributed by atoms with Gasteiger partial charge >= 0.3 is 0 Å². The van der Waals surface area contributed by atoms with E-state index in [1.54, 1.807) is 0 Å². The highest BCUT2D eigenvalue weighted by Crippen LogP contribution is 2.33. The Morgan fingerprint density at radius 3 is 1.44 bits per heavy atom. The Hall–Kier alpha value is -0.160. The van der Waals surface area contributed by atoms with Gasteiger partial charge in [-0.05, 0) is 39.5 Å². The maximum atomic E-state index is 9.69. The van der Waals surface area contributed by atoms with Crippen LogP contribution in [0.1, 0.15) is 39.5 Å². The molecule has 0 spiro atoms. The van der Waals surface area contributed by atoms with Crippen LogP contribution >= 0.6 is 0 Å². The van der Waals surface area contributed by atoms with Crippen LogP contribution in [0.25, 0.3) is 0 Å². The van der Waals surface area contributed by atoms with Gasteiger partial charge in [-0.25, -0.2) is 0 Å². The maximum absolute atomic E-state index is 9.69. The van der Waals surface area contributed by atoms with E-state index in [1.807, 2.05) is 13.8 Å². The van der Waals surface area contributed by atoms with Crippen LogP contribution in [0, 0.1) is 11.8 Å². The molecule has 1 aliphatic carbocycles. The Balaban J connectivity index is 2.27. The zero-order valence-corrected chi connectivity index (χ0v) is 10.3. The van der Waals surface area contributed by atoms with Gasteiger partial charge < -0.3 is 19.7 Å². The Morgan fingerprint density at radius 2 is 1.19 bits per heavy atom. The van der Waals surface area contributed by atoms with Gasteiger partial charge in [0.2, 0.25) is 0 Å². The van der Waals surface area contributed by atoms with Crippen LogP contribution in [0.15, 0.2) is 0 Å². The van der Waals surface area contributed by atoms with Crippen molar-refractivity contribution in [2.24, 2.45) is 11.8 Å². The molecule has 1 rings (SSSR count). The summed E-state index contributed by atoms with van der Waals surface area (Å²) >= 11 is 0. The number of rotatable bonds is 6. The highest BCUT2D eigenvalue weighted by molar-refractivity contribution is 4.75. The Kier molecular flexibility index (Phi) is 6.28. The van der Waals surface area contributed by atoms with Crippen molar-refractivity contribution in [1.82, 2.24) is 0 Å². The number of hydrogen-bond acceptors (Lipinski definition) is 4. The van der Waals surface area contributed by atoms with E-state index in [2.05, 4.69) is 0 Å². The fraction of sp³-hybridized carbons (Fsp3) is 1.00. The summed E-state index contributed by atoms with van der Waals surface area (Å²) in [5, 5.41) is 19.4. The van der Waals surface area contributed by atoms with Crippen molar-refractivity contribution in [1.29, 1.82) is 0 Å². The molecule has 0 aliphatic heterocycles. The largest absolute Gasteiger partial charge is 0.368 e. The molecule has 0 saturated heterocycles. The first-order valence-corrected chi connectivity index (χ1v) is 6.28. The molecule has 2 N–H and O–H groups in total. The third-order valence-electron chi connectivity index (χ3n) is 3.30. The summed E-state index contributed by atoms with van der Waals surface area (Å²) < 4.78 is 10.4. The van der Waals surface area contributed by atoms with Crippen molar-refractivity contribution in [3.63, 3.8) is 0 Å². The topological polar surface area (TPSA) is 58.9 Å². The number of ether oxygens (including phenoxy) is 2. The third-order valence-corrected chi connectivity index (χ3v) is 3.30. The molecular formula is C12H24O4. The van der Waals surface area contributed by atoms with Gasteiger partial charge in [-0.3, -0.25) is 0 Å². The van der Waals surface area contributed by atoms with Crippen LogP contribution in [-0.4, -0.2) is 36.0 Å². The van der Waals surface area contributed by atoms with Gasteiger partial charge in [-0.1, -0.05) is 0 Å². The Labute approximate surface area is 97.6 Å². The second-order valence-electron chi connectivity index (χ2n) is 4.37. The number of aliphatic hydroxyl groups excluding tert-OH is 2. The van der Waals surface area contributed by atoms with E-state index in [9.17, 15) is 10.2 Å². The van der Waals surface area contributed by atoms with E-state index in [4.69, 9.17) is 9.47 Å². The van der Waals surface area contributed by atoms with Crippen molar-refractivity contribution in [2.75, 3.05) is 13.2 Å². The fourth-order valence-corrected chi connectivity index (χ4v) is 2.33. The smallest absolute Gasteiger partial charge is 0.157 e. The molecule has 96 valence electrons. The van der Waals surface area contributed by atoms with E-state index in [1.165, 1.54) is 0 Å².